The van der Waals surface area contributed by atoms with E-state index in [2.05, 4.69) is 53.2 Å². The molecular weight excluding hydrogens is 336 g/mol. The molecule has 1 atom stereocenters. The Kier molecular flexibility index (Phi) is 5.01. The topological polar surface area (TPSA) is 35.9 Å². The van der Waals surface area contributed by atoms with Crippen LogP contribution in [0.25, 0.3) is 10.8 Å². The minimum Gasteiger partial charge on any atom is -0.508 e. The minimum absolute atomic E-state index is 0.310. The van der Waals surface area contributed by atoms with E-state index in [0.29, 0.717) is 18.3 Å². The lowest BCUT2D eigenvalue weighted by atomic mass is 9.98. The van der Waals surface area contributed by atoms with Crippen molar-refractivity contribution in [2.75, 3.05) is 33.8 Å². The Hall–Kier alpha value is -2.56. The molecule has 0 aromatic heterocycles. The Bertz CT molecular complexity index is 926. The van der Waals surface area contributed by atoms with E-state index in [-0.39, 0.29) is 0 Å². The van der Waals surface area contributed by atoms with Crippen LogP contribution in [0.5, 0.6) is 11.5 Å². The number of hydrogen-bond acceptors (Lipinski definition) is 4. The third kappa shape index (κ3) is 3.64. The lowest BCUT2D eigenvalue weighted by molar-refractivity contribution is 0.0831. The van der Waals surface area contributed by atoms with Gasteiger partial charge in [-0.15, -0.1) is 0 Å². The number of ether oxygens (including phenoxy) is 1. The number of phenols is 1. The molecule has 140 valence electrons. The van der Waals surface area contributed by atoms with Crippen molar-refractivity contribution in [3.63, 3.8) is 0 Å². The predicted molar refractivity (Wildman–Crippen MR) is 109 cm³/mol. The Morgan fingerprint density at radius 3 is 2.59 bits per heavy atom. The Morgan fingerprint density at radius 1 is 1.04 bits per heavy atom. The van der Waals surface area contributed by atoms with E-state index in [4.69, 9.17) is 4.74 Å². The molecule has 1 aliphatic heterocycles. The molecule has 0 aliphatic carbocycles. The molecule has 0 saturated carbocycles. The molecule has 1 unspecified atom stereocenters. The van der Waals surface area contributed by atoms with Gasteiger partial charge in [0.05, 0.1) is 7.11 Å². The summed E-state index contributed by atoms with van der Waals surface area (Å²) in [6, 6.07) is 20.8. The summed E-state index contributed by atoms with van der Waals surface area (Å²) in [5.41, 5.74) is 2.29. The van der Waals surface area contributed by atoms with Crippen LogP contribution in [-0.2, 0) is 6.54 Å². The molecule has 4 nitrogen and oxygen atoms in total. The zero-order valence-corrected chi connectivity index (χ0v) is 15.9. The second kappa shape index (κ2) is 7.59. The number of fused-ring (bicyclic) bond motifs is 1. The summed E-state index contributed by atoms with van der Waals surface area (Å²) in [6.45, 7) is 3.69. The average molecular weight is 362 g/mol. The van der Waals surface area contributed by atoms with Crippen LogP contribution in [0.1, 0.15) is 17.2 Å². The number of hydrogen-bond donors (Lipinski definition) is 1. The fourth-order valence-electron chi connectivity index (χ4n) is 3.98. The SMILES string of the molecule is COc1ccc2ccc(O)c(CN3CCN(C)CC3c3ccccc3)c2c1. The zero-order chi connectivity index (χ0) is 18.8. The van der Waals surface area contributed by atoms with Gasteiger partial charge >= 0.3 is 0 Å². The number of rotatable bonds is 4. The summed E-state index contributed by atoms with van der Waals surface area (Å²) < 4.78 is 5.41. The smallest absolute Gasteiger partial charge is 0.120 e. The highest BCUT2D eigenvalue weighted by Crippen LogP contribution is 2.34. The zero-order valence-electron chi connectivity index (χ0n) is 15.9. The van der Waals surface area contributed by atoms with E-state index in [0.717, 1.165) is 41.7 Å². The third-order valence-corrected chi connectivity index (χ3v) is 5.56. The van der Waals surface area contributed by atoms with Gasteiger partial charge in [0.25, 0.3) is 0 Å². The average Bonchev–Trinajstić information content (AvgIpc) is 2.71. The molecule has 1 fully saturated rings. The van der Waals surface area contributed by atoms with Crippen molar-refractivity contribution in [1.29, 1.82) is 0 Å². The summed E-state index contributed by atoms with van der Waals surface area (Å²) in [7, 11) is 3.85. The van der Waals surface area contributed by atoms with E-state index in [1.165, 1.54) is 5.56 Å². The van der Waals surface area contributed by atoms with Crippen LogP contribution in [0.3, 0.4) is 0 Å². The largest absolute Gasteiger partial charge is 0.508 e. The van der Waals surface area contributed by atoms with Crippen molar-refractivity contribution < 1.29 is 9.84 Å². The molecule has 0 amide bonds. The first kappa shape index (κ1) is 17.8. The van der Waals surface area contributed by atoms with Crippen molar-refractivity contribution in [1.82, 2.24) is 9.80 Å². The number of benzene rings is 3. The summed E-state index contributed by atoms with van der Waals surface area (Å²) in [5, 5.41) is 12.8. The fourth-order valence-corrected chi connectivity index (χ4v) is 3.98. The molecule has 1 heterocycles. The molecule has 4 heteroatoms. The van der Waals surface area contributed by atoms with Crippen molar-refractivity contribution >= 4 is 10.8 Å². The van der Waals surface area contributed by atoms with Gasteiger partial charge in [0.15, 0.2) is 0 Å². The molecule has 4 rings (SSSR count). The van der Waals surface area contributed by atoms with Crippen molar-refractivity contribution in [3.05, 3.63) is 71.8 Å². The molecule has 0 bridgehead atoms. The van der Waals surface area contributed by atoms with Crippen LogP contribution in [0.15, 0.2) is 60.7 Å². The highest BCUT2D eigenvalue weighted by molar-refractivity contribution is 5.89. The maximum absolute atomic E-state index is 10.6. The molecule has 0 radical (unpaired) electrons. The number of methoxy groups -OCH3 is 1. The second-order valence-corrected chi connectivity index (χ2v) is 7.31. The van der Waals surface area contributed by atoms with Crippen LogP contribution >= 0.6 is 0 Å². The minimum atomic E-state index is 0.310. The van der Waals surface area contributed by atoms with Gasteiger partial charge in [0.1, 0.15) is 11.5 Å². The van der Waals surface area contributed by atoms with Gasteiger partial charge in [-0.25, -0.2) is 0 Å². The lowest BCUT2D eigenvalue weighted by Gasteiger charge is -2.40. The maximum atomic E-state index is 10.6. The number of phenolic OH excluding ortho intramolecular Hbond substituents is 1. The van der Waals surface area contributed by atoms with Crippen LogP contribution in [-0.4, -0.2) is 48.7 Å². The Balaban J connectivity index is 1.72. The monoisotopic (exact) mass is 362 g/mol. The van der Waals surface area contributed by atoms with E-state index in [9.17, 15) is 5.11 Å². The van der Waals surface area contributed by atoms with Crippen molar-refractivity contribution in [3.8, 4) is 11.5 Å². The molecule has 3 aromatic carbocycles. The number of aromatic hydroxyl groups is 1. The van der Waals surface area contributed by atoms with Gasteiger partial charge in [-0.2, -0.15) is 0 Å². The fraction of sp³-hybridized carbons (Fsp3) is 0.304. The molecule has 0 spiro atoms. The second-order valence-electron chi connectivity index (χ2n) is 7.31. The van der Waals surface area contributed by atoms with E-state index in [1.54, 1.807) is 13.2 Å². The van der Waals surface area contributed by atoms with Gasteiger partial charge in [-0.05, 0) is 41.6 Å². The molecule has 1 N–H and O–H groups in total. The number of nitrogens with zero attached hydrogens (tertiary/aromatic N) is 2. The molecular formula is C23H26N2O2. The van der Waals surface area contributed by atoms with Gasteiger partial charge in [0.2, 0.25) is 0 Å². The Morgan fingerprint density at radius 2 is 1.81 bits per heavy atom. The molecule has 1 aliphatic rings. The maximum Gasteiger partial charge on any atom is 0.120 e. The summed E-state index contributed by atoms with van der Waals surface area (Å²) in [5.74, 6) is 1.16. The molecule has 1 saturated heterocycles. The van der Waals surface area contributed by atoms with Crippen molar-refractivity contribution in [2.45, 2.75) is 12.6 Å². The third-order valence-electron chi connectivity index (χ3n) is 5.56. The van der Waals surface area contributed by atoms with E-state index >= 15 is 0 Å². The van der Waals surface area contributed by atoms with Crippen LogP contribution < -0.4 is 4.74 Å². The number of likely N-dealkylation sites (N-methyl/N-ethyl adjacent to an activating group) is 1. The normalized spacial score (nSPS) is 18.7. The van der Waals surface area contributed by atoms with Gasteiger partial charge in [0, 0.05) is 37.8 Å². The lowest BCUT2D eigenvalue weighted by Crippen LogP contribution is -2.46. The first-order valence-corrected chi connectivity index (χ1v) is 9.42. The van der Waals surface area contributed by atoms with Gasteiger partial charge in [-0.3, -0.25) is 4.90 Å². The number of piperazine rings is 1. The van der Waals surface area contributed by atoms with E-state index < -0.39 is 0 Å². The van der Waals surface area contributed by atoms with Gasteiger partial charge in [-0.1, -0.05) is 42.5 Å². The van der Waals surface area contributed by atoms with Crippen LogP contribution in [0.2, 0.25) is 0 Å². The summed E-state index contributed by atoms with van der Waals surface area (Å²) in [4.78, 5) is 4.85. The summed E-state index contributed by atoms with van der Waals surface area (Å²) in [6.07, 6.45) is 0. The van der Waals surface area contributed by atoms with Gasteiger partial charge < -0.3 is 14.7 Å². The van der Waals surface area contributed by atoms with Crippen LogP contribution in [0.4, 0.5) is 0 Å². The van der Waals surface area contributed by atoms with Crippen LogP contribution in [0, 0.1) is 0 Å². The first-order valence-electron chi connectivity index (χ1n) is 9.42. The first-order chi connectivity index (χ1) is 13.2. The van der Waals surface area contributed by atoms with Crippen molar-refractivity contribution in [2.24, 2.45) is 0 Å². The highest BCUT2D eigenvalue weighted by atomic mass is 16.5. The predicted octanol–water partition coefficient (Wildman–Crippen LogP) is 4.04. The Labute approximate surface area is 160 Å². The quantitative estimate of drug-likeness (QED) is 0.760. The van der Waals surface area contributed by atoms with E-state index in [1.807, 2.05) is 18.2 Å². The highest BCUT2D eigenvalue weighted by Gasteiger charge is 2.27. The standard InChI is InChI=1S/C23H26N2O2/c1-24-12-13-25(22(16-24)18-6-4-3-5-7-18)15-21-20-14-19(27-2)10-8-17(20)9-11-23(21)26/h3-11,14,22,26H,12-13,15-16H2,1-2H3. The molecule has 3 aromatic rings. The summed E-state index contributed by atoms with van der Waals surface area (Å²) >= 11 is 0. The molecule has 27 heavy (non-hydrogen) atoms.